The van der Waals surface area contributed by atoms with Gasteiger partial charge >= 0.3 is 0 Å². The molecule has 2 aromatic heterocycles. The van der Waals surface area contributed by atoms with Gasteiger partial charge in [0.1, 0.15) is 12.4 Å². The Morgan fingerprint density at radius 2 is 1.71 bits per heavy atom. The van der Waals surface area contributed by atoms with Crippen molar-refractivity contribution in [1.82, 2.24) is 15.1 Å². The summed E-state index contributed by atoms with van der Waals surface area (Å²) in [7, 11) is -1.06. The first kappa shape index (κ1) is 23.7. The summed E-state index contributed by atoms with van der Waals surface area (Å²) >= 11 is 0. The zero-order valence-corrected chi connectivity index (χ0v) is 19.8. The lowest BCUT2D eigenvalue weighted by molar-refractivity contribution is 0.433. The van der Waals surface area contributed by atoms with Crippen molar-refractivity contribution < 1.29 is 13.1 Å². The van der Waals surface area contributed by atoms with Crippen LogP contribution in [0.25, 0.3) is 34.0 Å². The van der Waals surface area contributed by atoms with Gasteiger partial charge in [0.05, 0.1) is 28.7 Å². The van der Waals surface area contributed by atoms with Gasteiger partial charge in [-0.25, -0.2) is 14.4 Å². The van der Waals surface area contributed by atoms with Crippen molar-refractivity contribution in [2.24, 2.45) is 5.73 Å². The van der Waals surface area contributed by atoms with Crippen molar-refractivity contribution in [2.75, 3.05) is 12.4 Å². The average molecular weight is 480 g/mol. The molecule has 0 bridgehead atoms. The fraction of sp³-hybridized carbons (Fsp3) is 0.240. The summed E-state index contributed by atoms with van der Waals surface area (Å²) in [5, 5.41) is 4.21. The number of hydrogen-bond acceptors (Lipinski definition) is 7. The molecule has 0 aliphatic rings. The molecule has 34 heavy (non-hydrogen) atoms. The Hall–Kier alpha value is -3.43. The lowest BCUT2D eigenvalue weighted by atomic mass is 10.0. The second-order valence-electron chi connectivity index (χ2n) is 7.99. The smallest absolute Gasteiger partial charge is 0.189 e. The number of benzene rings is 2. The van der Waals surface area contributed by atoms with Crippen LogP contribution >= 0.6 is 0 Å². The number of alkyl halides is 1. The first-order valence-corrected chi connectivity index (χ1v) is 12.1. The van der Waals surface area contributed by atoms with Gasteiger partial charge in [0, 0.05) is 27.3 Å². The van der Waals surface area contributed by atoms with E-state index in [1.54, 1.807) is 24.4 Å². The van der Waals surface area contributed by atoms with Gasteiger partial charge in [0.2, 0.25) is 0 Å². The van der Waals surface area contributed by atoms with E-state index in [0.29, 0.717) is 28.4 Å². The highest BCUT2D eigenvalue weighted by molar-refractivity contribution is 7.85. The van der Waals surface area contributed by atoms with Crippen LogP contribution in [0.2, 0.25) is 0 Å². The predicted molar refractivity (Wildman–Crippen MR) is 132 cm³/mol. The second kappa shape index (κ2) is 10.2. The van der Waals surface area contributed by atoms with Gasteiger partial charge < -0.3 is 16.0 Å². The highest BCUT2D eigenvalue weighted by atomic mass is 32.2. The topological polar surface area (TPSA) is 121 Å². The number of rotatable bonds is 8. The molecule has 0 spiro atoms. The zero-order chi connectivity index (χ0) is 24.2. The maximum atomic E-state index is 12.8. The highest BCUT2D eigenvalue weighted by Crippen LogP contribution is 2.30. The molecule has 9 heteroatoms. The number of aromatic nitrogens is 3. The first-order valence-electron chi connectivity index (χ1n) is 10.9. The fourth-order valence-corrected chi connectivity index (χ4v) is 4.55. The van der Waals surface area contributed by atoms with Crippen LogP contribution in [0, 0.1) is 0 Å². The van der Waals surface area contributed by atoms with E-state index in [1.165, 1.54) is 0 Å². The second-order valence-corrected chi connectivity index (χ2v) is 9.86. The molecule has 0 saturated carbocycles. The normalized spacial score (nSPS) is 14.0. The molecule has 0 saturated heterocycles. The van der Waals surface area contributed by atoms with Crippen LogP contribution in [-0.2, 0) is 10.8 Å². The van der Waals surface area contributed by atoms with Crippen LogP contribution in [-0.4, -0.2) is 31.3 Å². The summed E-state index contributed by atoms with van der Waals surface area (Å²) < 4.78 is 30.8. The summed E-state index contributed by atoms with van der Waals surface area (Å²) in [6.07, 6.45) is 2.43. The lowest BCUT2D eigenvalue weighted by Crippen LogP contribution is -2.11. The molecule has 3 unspecified atom stereocenters. The van der Waals surface area contributed by atoms with Crippen LogP contribution in [0.4, 0.5) is 10.2 Å². The minimum atomic E-state index is -1.06. The largest absolute Gasteiger partial charge is 0.382 e. The molecule has 4 rings (SSSR count). The van der Waals surface area contributed by atoms with Crippen molar-refractivity contribution in [1.29, 1.82) is 0 Å². The molecule has 0 radical (unpaired) electrons. The van der Waals surface area contributed by atoms with Crippen LogP contribution in [0.3, 0.4) is 0 Å². The zero-order valence-electron chi connectivity index (χ0n) is 18.9. The molecule has 4 aromatic rings. The van der Waals surface area contributed by atoms with E-state index in [2.05, 4.69) is 15.1 Å². The lowest BCUT2D eigenvalue weighted by Gasteiger charge is -2.09. The molecule has 176 valence electrons. The SMILES string of the molecule is CCC(C)S(=O)c1ccc(-c2cnc(N)c(-c3cc(-c4ccc(C(N)CF)cc4)no3)n2)cc1. The Labute approximate surface area is 199 Å². The Bertz CT molecular complexity index is 1290. The number of nitrogens with two attached hydrogens (primary N) is 2. The summed E-state index contributed by atoms with van der Waals surface area (Å²) in [6.45, 7) is 3.37. The third-order valence-corrected chi connectivity index (χ3v) is 7.47. The van der Waals surface area contributed by atoms with E-state index < -0.39 is 23.5 Å². The fourth-order valence-electron chi connectivity index (χ4n) is 3.38. The molecule has 7 nitrogen and oxygen atoms in total. The quantitative estimate of drug-likeness (QED) is 0.368. The minimum Gasteiger partial charge on any atom is -0.382 e. The maximum absolute atomic E-state index is 12.8. The Morgan fingerprint density at radius 1 is 1.06 bits per heavy atom. The van der Waals surface area contributed by atoms with Crippen LogP contribution in [0.5, 0.6) is 0 Å². The molecular weight excluding hydrogens is 453 g/mol. The monoisotopic (exact) mass is 479 g/mol. The Morgan fingerprint density at radius 3 is 2.35 bits per heavy atom. The van der Waals surface area contributed by atoms with E-state index in [9.17, 15) is 8.60 Å². The van der Waals surface area contributed by atoms with Crippen molar-refractivity contribution >= 4 is 16.6 Å². The van der Waals surface area contributed by atoms with Gasteiger partial charge in [0.15, 0.2) is 17.3 Å². The van der Waals surface area contributed by atoms with Crippen molar-refractivity contribution in [3.8, 4) is 34.0 Å². The number of nitrogens with zero attached hydrogens (tertiary/aromatic N) is 3. The summed E-state index contributed by atoms with van der Waals surface area (Å²) in [5.74, 6) is 0.589. The summed E-state index contributed by atoms with van der Waals surface area (Å²) in [4.78, 5) is 9.69. The minimum absolute atomic E-state index is 0.0889. The first-order chi connectivity index (χ1) is 16.4. The molecule has 4 N–H and O–H groups in total. The molecule has 3 atom stereocenters. The molecule has 0 fully saturated rings. The number of anilines is 1. The Kier molecular flexibility index (Phi) is 7.14. The average Bonchev–Trinajstić information content (AvgIpc) is 3.38. The van der Waals surface area contributed by atoms with Gasteiger partial charge in [-0.1, -0.05) is 55.4 Å². The van der Waals surface area contributed by atoms with E-state index in [0.717, 1.165) is 22.4 Å². The van der Waals surface area contributed by atoms with Crippen molar-refractivity contribution in [2.45, 2.75) is 36.5 Å². The van der Waals surface area contributed by atoms with Crippen LogP contribution < -0.4 is 11.5 Å². The van der Waals surface area contributed by atoms with Gasteiger partial charge in [-0.3, -0.25) is 4.21 Å². The predicted octanol–water partition coefficient (Wildman–Crippen LogP) is 4.92. The standard InChI is InChI=1S/C25H26FN5O2S/c1-3-15(2)34(32)19-10-8-18(9-11-19)22-14-29-25(28)24(30-22)23-12-21(31-33-23)17-6-4-16(5-7-17)20(27)13-26/h4-12,14-15,20H,3,13,27H2,1-2H3,(H2,28,29). The van der Waals surface area contributed by atoms with E-state index >= 15 is 0 Å². The van der Waals surface area contributed by atoms with E-state index in [4.69, 9.17) is 16.0 Å². The molecule has 2 heterocycles. The van der Waals surface area contributed by atoms with Gasteiger partial charge in [-0.2, -0.15) is 0 Å². The molecule has 2 aromatic carbocycles. The van der Waals surface area contributed by atoms with E-state index in [-0.39, 0.29) is 11.1 Å². The molecule has 0 aliphatic heterocycles. The Balaban J connectivity index is 1.60. The molecule has 0 aliphatic carbocycles. The van der Waals surface area contributed by atoms with Crippen molar-refractivity contribution in [3.63, 3.8) is 0 Å². The van der Waals surface area contributed by atoms with Crippen LogP contribution in [0.15, 0.2) is 70.2 Å². The van der Waals surface area contributed by atoms with Gasteiger partial charge in [-0.05, 0) is 24.1 Å². The number of halogens is 1. The molecule has 0 amide bonds. The van der Waals surface area contributed by atoms with Crippen LogP contribution in [0.1, 0.15) is 31.9 Å². The van der Waals surface area contributed by atoms with E-state index in [1.807, 2.05) is 50.2 Å². The summed E-state index contributed by atoms with van der Waals surface area (Å²) in [6, 6.07) is 15.7. The number of hydrogen-bond donors (Lipinski definition) is 2. The third-order valence-electron chi connectivity index (χ3n) is 5.67. The maximum Gasteiger partial charge on any atom is 0.189 e. The summed E-state index contributed by atoms with van der Waals surface area (Å²) in [5.41, 5.74) is 15.7. The number of nitrogen functional groups attached to an aromatic ring is 1. The molecular formula is C25H26FN5O2S. The third kappa shape index (κ3) is 4.90. The van der Waals surface area contributed by atoms with Gasteiger partial charge in [0.25, 0.3) is 0 Å². The highest BCUT2D eigenvalue weighted by Gasteiger charge is 2.17. The van der Waals surface area contributed by atoms with Gasteiger partial charge in [-0.15, -0.1) is 0 Å². The van der Waals surface area contributed by atoms with Crippen molar-refractivity contribution in [3.05, 3.63) is 66.4 Å².